The van der Waals surface area contributed by atoms with Gasteiger partial charge in [-0.3, -0.25) is 9.59 Å². The molecular formula is C18H26ClN3O4. The predicted molar refractivity (Wildman–Crippen MR) is 101 cm³/mol. The quantitative estimate of drug-likeness (QED) is 0.725. The molecule has 1 unspecified atom stereocenters. The van der Waals surface area contributed by atoms with E-state index in [1.54, 1.807) is 11.0 Å². The van der Waals surface area contributed by atoms with Crippen LogP contribution in [-0.4, -0.2) is 50.7 Å². The van der Waals surface area contributed by atoms with Crippen molar-refractivity contribution in [1.29, 1.82) is 0 Å². The van der Waals surface area contributed by atoms with Crippen LogP contribution in [-0.2, 0) is 9.59 Å². The summed E-state index contributed by atoms with van der Waals surface area (Å²) in [6, 6.07) is 5.63. The van der Waals surface area contributed by atoms with Gasteiger partial charge in [0, 0.05) is 30.9 Å². The van der Waals surface area contributed by atoms with Gasteiger partial charge in [-0.15, -0.1) is 12.4 Å². The van der Waals surface area contributed by atoms with Crippen molar-refractivity contribution in [2.24, 2.45) is 5.92 Å². The van der Waals surface area contributed by atoms with Crippen molar-refractivity contribution < 1.29 is 19.1 Å². The van der Waals surface area contributed by atoms with E-state index in [1.165, 1.54) is 0 Å². The Labute approximate surface area is 159 Å². The first-order valence-electron chi connectivity index (χ1n) is 8.82. The summed E-state index contributed by atoms with van der Waals surface area (Å²) in [6.45, 7) is 6.94. The molecule has 8 heteroatoms. The Morgan fingerprint density at radius 1 is 1.31 bits per heavy atom. The molecule has 3 rings (SSSR count). The zero-order chi connectivity index (χ0) is 17.8. The summed E-state index contributed by atoms with van der Waals surface area (Å²) in [5, 5.41) is 6.10. The number of carbonyl (C=O) groups excluding carboxylic acids is 2. The number of likely N-dealkylation sites (N-methyl/N-ethyl adjacent to an activating group) is 1. The minimum atomic E-state index is -0.623. The largest absolute Gasteiger partial charge is 0.486 e. The molecule has 2 aliphatic heterocycles. The molecule has 0 aliphatic carbocycles. The molecule has 2 aliphatic rings. The third-order valence-corrected chi connectivity index (χ3v) is 4.49. The lowest BCUT2D eigenvalue weighted by atomic mass is 10.1. The molecule has 26 heavy (non-hydrogen) atoms. The molecule has 0 bridgehead atoms. The van der Waals surface area contributed by atoms with E-state index < -0.39 is 5.92 Å². The van der Waals surface area contributed by atoms with E-state index in [-0.39, 0.29) is 30.3 Å². The van der Waals surface area contributed by atoms with Crippen molar-refractivity contribution in [3.05, 3.63) is 18.2 Å². The van der Waals surface area contributed by atoms with Crippen LogP contribution in [0.15, 0.2) is 18.2 Å². The maximum Gasteiger partial charge on any atom is 0.239 e. The Morgan fingerprint density at radius 2 is 2.04 bits per heavy atom. The summed E-state index contributed by atoms with van der Waals surface area (Å²) in [6.07, 6.45) is 0.523. The maximum absolute atomic E-state index is 12.7. The molecule has 0 spiro atoms. The summed E-state index contributed by atoms with van der Waals surface area (Å²) in [5.74, 6) is 0.347. The minimum Gasteiger partial charge on any atom is -0.486 e. The fraction of sp³-hybridized carbons (Fsp3) is 0.556. The number of rotatable bonds is 6. The number of hydrogen-bond donors (Lipinski definition) is 2. The zero-order valence-electron chi connectivity index (χ0n) is 15.1. The van der Waals surface area contributed by atoms with Gasteiger partial charge in [0.25, 0.3) is 0 Å². The van der Waals surface area contributed by atoms with Gasteiger partial charge in [-0.25, -0.2) is 0 Å². The number of hydrogen-bond acceptors (Lipinski definition) is 5. The lowest BCUT2D eigenvalue weighted by molar-refractivity contribution is -0.132. The van der Waals surface area contributed by atoms with Crippen molar-refractivity contribution in [1.82, 2.24) is 10.6 Å². The highest BCUT2D eigenvalue weighted by Crippen LogP contribution is 2.35. The first-order valence-corrected chi connectivity index (χ1v) is 8.82. The van der Waals surface area contributed by atoms with Crippen LogP contribution in [0.4, 0.5) is 5.69 Å². The molecule has 1 aromatic carbocycles. The van der Waals surface area contributed by atoms with Crippen LogP contribution in [0.25, 0.3) is 0 Å². The Morgan fingerprint density at radius 3 is 2.77 bits per heavy atom. The summed E-state index contributed by atoms with van der Waals surface area (Å²) in [7, 11) is 0. The Kier molecular flexibility index (Phi) is 7.11. The fourth-order valence-corrected chi connectivity index (χ4v) is 3.18. The number of carbonyl (C=O) groups is 2. The third-order valence-electron chi connectivity index (χ3n) is 4.49. The van der Waals surface area contributed by atoms with Gasteiger partial charge in [0.1, 0.15) is 19.1 Å². The fourth-order valence-electron chi connectivity index (χ4n) is 3.18. The van der Waals surface area contributed by atoms with Crippen molar-refractivity contribution in [3.8, 4) is 11.5 Å². The van der Waals surface area contributed by atoms with Gasteiger partial charge in [-0.2, -0.15) is 0 Å². The van der Waals surface area contributed by atoms with E-state index in [1.807, 2.05) is 26.0 Å². The first-order chi connectivity index (χ1) is 12.1. The van der Waals surface area contributed by atoms with Crippen LogP contribution in [0.3, 0.4) is 0 Å². The molecule has 2 heterocycles. The molecule has 1 aromatic rings. The monoisotopic (exact) mass is 383 g/mol. The van der Waals surface area contributed by atoms with Gasteiger partial charge in [0.2, 0.25) is 11.8 Å². The lowest BCUT2D eigenvalue weighted by Crippen LogP contribution is -2.43. The van der Waals surface area contributed by atoms with E-state index in [0.29, 0.717) is 44.2 Å². The third kappa shape index (κ3) is 4.40. The van der Waals surface area contributed by atoms with Crippen molar-refractivity contribution >= 4 is 29.9 Å². The van der Waals surface area contributed by atoms with Gasteiger partial charge >= 0.3 is 0 Å². The lowest BCUT2D eigenvalue weighted by Gasteiger charge is -2.22. The topological polar surface area (TPSA) is 79.9 Å². The van der Waals surface area contributed by atoms with Gasteiger partial charge in [-0.1, -0.05) is 6.92 Å². The van der Waals surface area contributed by atoms with E-state index in [9.17, 15) is 9.59 Å². The van der Waals surface area contributed by atoms with Crippen molar-refractivity contribution in [2.75, 3.05) is 37.7 Å². The van der Waals surface area contributed by atoms with E-state index in [0.717, 1.165) is 12.2 Å². The Bertz CT molecular complexity index is 655. The van der Waals surface area contributed by atoms with Crippen LogP contribution in [0, 0.1) is 5.92 Å². The highest BCUT2D eigenvalue weighted by molar-refractivity contribution is 6.09. The van der Waals surface area contributed by atoms with E-state index in [2.05, 4.69) is 10.6 Å². The average molecular weight is 384 g/mol. The van der Waals surface area contributed by atoms with Crippen LogP contribution >= 0.6 is 12.4 Å². The smallest absolute Gasteiger partial charge is 0.239 e. The van der Waals surface area contributed by atoms with Gasteiger partial charge in [-0.05, 0) is 32.0 Å². The normalized spacial score (nSPS) is 19.7. The minimum absolute atomic E-state index is 0. The highest BCUT2D eigenvalue weighted by atomic mass is 35.5. The number of nitrogens with zero attached hydrogens (tertiary/aromatic N) is 1. The second-order valence-corrected chi connectivity index (χ2v) is 6.36. The molecule has 2 atom stereocenters. The number of benzene rings is 1. The van der Waals surface area contributed by atoms with Crippen LogP contribution in [0.2, 0.25) is 0 Å². The predicted octanol–water partition coefficient (Wildman–Crippen LogP) is 1.35. The molecule has 0 radical (unpaired) electrons. The number of anilines is 1. The summed E-state index contributed by atoms with van der Waals surface area (Å²) >= 11 is 0. The Hall–Kier alpha value is -1.99. The molecule has 1 fully saturated rings. The van der Waals surface area contributed by atoms with E-state index in [4.69, 9.17) is 9.47 Å². The van der Waals surface area contributed by atoms with E-state index >= 15 is 0 Å². The molecule has 7 nitrogen and oxygen atoms in total. The summed E-state index contributed by atoms with van der Waals surface area (Å²) in [4.78, 5) is 26.7. The number of amides is 2. The molecule has 2 N–H and O–H groups in total. The van der Waals surface area contributed by atoms with Crippen LogP contribution in [0.1, 0.15) is 20.3 Å². The van der Waals surface area contributed by atoms with Gasteiger partial charge < -0.3 is 25.0 Å². The number of fused-ring (bicyclic) bond motifs is 1. The molecule has 0 aromatic heterocycles. The molecule has 0 saturated carbocycles. The highest BCUT2D eigenvalue weighted by Gasteiger charge is 2.37. The van der Waals surface area contributed by atoms with Gasteiger partial charge in [0.05, 0.1) is 0 Å². The molecular weight excluding hydrogens is 358 g/mol. The SMILES string of the molecule is CCN[C@H](C)CNC(=O)C1CCN(c2ccc3c(c2)OCCO3)C1=O.Cl. The van der Waals surface area contributed by atoms with Crippen LogP contribution in [0.5, 0.6) is 11.5 Å². The van der Waals surface area contributed by atoms with Gasteiger partial charge in [0.15, 0.2) is 11.5 Å². The first kappa shape index (κ1) is 20.3. The number of ether oxygens (including phenoxy) is 2. The number of halogens is 1. The maximum atomic E-state index is 12.7. The summed E-state index contributed by atoms with van der Waals surface area (Å²) in [5.41, 5.74) is 0.741. The number of nitrogens with one attached hydrogen (secondary N) is 2. The second kappa shape index (κ2) is 9.09. The summed E-state index contributed by atoms with van der Waals surface area (Å²) < 4.78 is 11.1. The van der Waals surface area contributed by atoms with Crippen LogP contribution < -0.4 is 25.0 Å². The molecule has 144 valence electrons. The Balaban J connectivity index is 0.00000243. The second-order valence-electron chi connectivity index (χ2n) is 6.36. The zero-order valence-corrected chi connectivity index (χ0v) is 15.9. The molecule has 1 saturated heterocycles. The standard InChI is InChI=1S/C18H25N3O4.ClH/c1-3-19-12(2)11-20-17(22)14-6-7-21(18(14)23)13-4-5-15-16(10-13)25-9-8-24-15;/h4-5,10,12,14,19H,3,6-9,11H2,1-2H3,(H,20,22);1H/t12-,14?;/m1./s1. The molecule has 2 amide bonds. The average Bonchev–Trinajstić information content (AvgIpc) is 3.01. The van der Waals surface area contributed by atoms with Crippen molar-refractivity contribution in [3.63, 3.8) is 0 Å². The van der Waals surface area contributed by atoms with Crippen molar-refractivity contribution in [2.45, 2.75) is 26.3 Å².